The smallest absolute Gasteiger partial charge is 0.220 e. The maximum Gasteiger partial charge on any atom is 0.220 e. The SMILES string of the molecule is CCCCC(=O)NCc1ccc(-c2ccccc2)s1. The molecule has 0 spiro atoms. The van der Waals surface area contributed by atoms with E-state index in [9.17, 15) is 4.79 Å². The van der Waals surface area contributed by atoms with E-state index in [4.69, 9.17) is 0 Å². The third-order valence-corrected chi connectivity index (χ3v) is 4.07. The number of nitrogens with one attached hydrogen (secondary N) is 1. The first-order valence-corrected chi connectivity index (χ1v) is 7.52. The molecule has 0 fully saturated rings. The van der Waals surface area contributed by atoms with Gasteiger partial charge < -0.3 is 5.32 Å². The second kappa shape index (κ2) is 7.10. The van der Waals surface area contributed by atoms with Gasteiger partial charge in [-0.15, -0.1) is 11.3 Å². The fraction of sp³-hybridized carbons (Fsp3) is 0.312. The number of amides is 1. The lowest BCUT2D eigenvalue weighted by Crippen LogP contribution is -2.21. The highest BCUT2D eigenvalue weighted by atomic mass is 32.1. The molecule has 2 rings (SSSR count). The van der Waals surface area contributed by atoms with Crippen LogP contribution in [0.25, 0.3) is 10.4 Å². The van der Waals surface area contributed by atoms with Crippen LogP contribution < -0.4 is 5.32 Å². The van der Waals surface area contributed by atoms with Crippen molar-refractivity contribution >= 4 is 17.2 Å². The van der Waals surface area contributed by atoms with Gasteiger partial charge in [-0.25, -0.2) is 0 Å². The van der Waals surface area contributed by atoms with Crippen LogP contribution in [0.4, 0.5) is 0 Å². The highest BCUT2D eigenvalue weighted by Gasteiger charge is 2.04. The van der Waals surface area contributed by atoms with E-state index in [1.807, 2.05) is 18.2 Å². The van der Waals surface area contributed by atoms with Crippen molar-refractivity contribution in [1.82, 2.24) is 5.32 Å². The summed E-state index contributed by atoms with van der Waals surface area (Å²) in [5.41, 5.74) is 1.23. The van der Waals surface area contributed by atoms with Crippen LogP contribution in [0.5, 0.6) is 0 Å². The van der Waals surface area contributed by atoms with Crippen molar-refractivity contribution in [2.75, 3.05) is 0 Å². The summed E-state index contributed by atoms with van der Waals surface area (Å²) >= 11 is 1.74. The fourth-order valence-electron chi connectivity index (χ4n) is 1.84. The van der Waals surface area contributed by atoms with Gasteiger partial charge in [0.15, 0.2) is 0 Å². The Kier molecular flexibility index (Phi) is 5.16. The van der Waals surface area contributed by atoms with E-state index in [-0.39, 0.29) is 5.91 Å². The van der Waals surface area contributed by atoms with Crippen LogP contribution in [0.2, 0.25) is 0 Å². The van der Waals surface area contributed by atoms with Crippen LogP contribution in [-0.4, -0.2) is 5.91 Å². The molecule has 0 bridgehead atoms. The fourth-order valence-corrected chi connectivity index (χ4v) is 2.79. The number of carbonyl (C=O) groups is 1. The zero-order valence-corrected chi connectivity index (χ0v) is 12.0. The predicted molar refractivity (Wildman–Crippen MR) is 81.1 cm³/mol. The van der Waals surface area contributed by atoms with Crippen molar-refractivity contribution in [2.45, 2.75) is 32.7 Å². The zero-order valence-electron chi connectivity index (χ0n) is 11.2. The van der Waals surface area contributed by atoms with Crippen molar-refractivity contribution in [3.63, 3.8) is 0 Å². The lowest BCUT2D eigenvalue weighted by atomic mass is 10.2. The van der Waals surface area contributed by atoms with Crippen molar-refractivity contribution in [1.29, 1.82) is 0 Å². The minimum absolute atomic E-state index is 0.150. The third-order valence-electron chi connectivity index (χ3n) is 2.94. The molecule has 1 amide bonds. The van der Waals surface area contributed by atoms with Gasteiger partial charge >= 0.3 is 0 Å². The van der Waals surface area contributed by atoms with Crippen LogP contribution in [0, 0.1) is 0 Å². The Hall–Kier alpha value is -1.61. The van der Waals surface area contributed by atoms with Gasteiger partial charge in [0.2, 0.25) is 5.91 Å². The lowest BCUT2D eigenvalue weighted by Gasteiger charge is -2.02. The Morgan fingerprint density at radius 1 is 1.16 bits per heavy atom. The number of hydrogen-bond acceptors (Lipinski definition) is 2. The van der Waals surface area contributed by atoms with E-state index in [2.05, 4.69) is 36.5 Å². The van der Waals surface area contributed by atoms with Crippen LogP contribution in [0.3, 0.4) is 0 Å². The maximum absolute atomic E-state index is 11.5. The molecule has 0 radical (unpaired) electrons. The average molecular weight is 273 g/mol. The van der Waals surface area contributed by atoms with Crippen LogP contribution in [0.15, 0.2) is 42.5 Å². The Balaban J connectivity index is 1.90. The number of thiophene rings is 1. The molecule has 2 aromatic rings. The molecule has 1 heterocycles. The van der Waals surface area contributed by atoms with Crippen molar-refractivity contribution < 1.29 is 4.79 Å². The van der Waals surface area contributed by atoms with Gasteiger partial charge in [-0.05, 0) is 24.1 Å². The monoisotopic (exact) mass is 273 g/mol. The number of hydrogen-bond donors (Lipinski definition) is 1. The molecule has 0 atom stereocenters. The van der Waals surface area contributed by atoms with Gasteiger partial charge in [0.25, 0.3) is 0 Å². The summed E-state index contributed by atoms with van der Waals surface area (Å²) in [6, 6.07) is 14.5. The third kappa shape index (κ3) is 4.21. The summed E-state index contributed by atoms with van der Waals surface area (Å²) < 4.78 is 0. The minimum atomic E-state index is 0.150. The topological polar surface area (TPSA) is 29.1 Å². The van der Waals surface area contributed by atoms with Gasteiger partial charge in [0, 0.05) is 16.2 Å². The Morgan fingerprint density at radius 3 is 2.68 bits per heavy atom. The van der Waals surface area contributed by atoms with E-state index in [1.54, 1.807) is 11.3 Å². The first kappa shape index (κ1) is 13.8. The molecule has 2 nitrogen and oxygen atoms in total. The zero-order chi connectivity index (χ0) is 13.5. The molecule has 100 valence electrons. The van der Waals surface area contributed by atoms with Gasteiger partial charge in [-0.1, -0.05) is 43.7 Å². The normalized spacial score (nSPS) is 10.4. The first-order valence-electron chi connectivity index (χ1n) is 6.70. The van der Waals surface area contributed by atoms with Crippen LogP contribution in [0.1, 0.15) is 31.1 Å². The van der Waals surface area contributed by atoms with E-state index in [1.165, 1.54) is 15.3 Å². The highest BCUT2D eigenvalue weighted by Crippen LogP contribution is 2.27. The number of carbonyl (C=O) groups excluding carboxylic acids is 1. The minimum Gasteiger partial charge on any atom is -0.351 e. The lowest BCUT2D eigenvalue weighted by molar-refractivity contribution is -0.121. The molecule has 1 aromatic heterocycles. The van der Waals surface area contributed by atoms with Crippen molar-refractivity contribution in [3.05, 3.63) is 47.3 Å². The quantitative estimate of drug-likeness (QED) is 0.838. The van der Waals surface area contributed by atoms with E-state index < -0.39 is 0 Å². The highest BCUT2D eigenvalue weighted by molar-refractivity contribution is 7.15. The Morgan fingerprint density at radius 2 is 1.95 bits per heavy atom. The largest absolute Gasteiger partial charge is 0.351 e. The molecule has 0 aliphatic rings. The summed E-state index contributed by atoms with van der Waals surface area (Å²) in [5, 5.41) is 2.97. The Labute approximate surface area is 118 Å². The molecular formula is C16H19NOS. The van der Waals surface area contributed by atoms with Crippen LogP contribution in [-0.2, 0) is 11.3 Å². The van der Waals surface area contributed by atoms with Crippen LogP contribution >= 0.6 is 11.3 Å². The average Bonchev–Trinajstić information content (AvgIpc) is 2.93. The number of rotatable bonds is 6. The molecule has 0 saturated carbocycles. The van der Waals surface area contributed by atoms with E-state index in [0.29, 0.717) is 13.0 Å². The molecule has 19 heavy (non-hydrogen) atoms. The van der Waals surface area contributed by atoms with E-state index >= 15 is 0 Å². The summed E-state index contributed by atoms with van der Waals surface area (Å²) in [4.78, 5) is 14.0. The Bertz CT molecular complexity index is 519. The second-order valence-corrected chi connectivity index (χ2v) is 5.68. The predicted octanol–water partition coefficient (Wildman–Crippen LogP) is 4.22. The molecule has 1 N–H and O–H groups in total. The molecular weight excluding hydrogens is 254 g/mol. The molecule has 0 aliphatic heterocycles. The van der Waals surface area contributed by atoms with Gasteiger partial charge in [0.1, 0.15) is 0 Å². The molecule has 0 unspecified atom stereocenters. The van der Waals surface area contributed by atoms with E-state index in [0.717, 1.165) is 12.8 Å². The van der Waals surface area contributed by atoms with Crippen molar-refractivity contribution in [3.8, 4) is 10.4 Å². The maximum atomic E-state index is 11.5. The van der Waals surface area contributed by atoms with Gasteiger partial charge in [-0.3, -0.25) is 4.79 Å². The summed E-state index contributed by atoms with van der Waals surface area (Å²) in [6.45, 7) is 2.73. The summed E-state index contributed by atoms with van der Waals surface area (Å²) in [5.74, 6) is 0.150. The van der Waals surface area contributed by atoms with Crippen molar-refractivity contribution in [2.24, 2.45) is 0 Å². The van der Waals surface area contributed by atoms with Gasteiger partial charge in [-0.2, -0.15) is 0 Å². The summed E-state index contributed by atoms with van der Waals surface area (Å²) in [7, 11) is 0. The molecule has 3 heteroatoms. The molecule has 0 aliphatic carbocycles. The molecule has 0 saturated heterocycles. The number of benzene rings is 1. The second-order valence-electron chi connectivity index (χ2n) is 4.51. The first-order chi connectivity index (χ1) is 9.29. The number of unbranched alkanes of at least 4 members (excludes halogenated alkanes) is 1. The van der Waals surface area contributed by atoms with Gasteiger partial charge in [0.05, 0.1) is 6.54 Å². The standard InChI is InChI=1S/C16H19NOS/c1-2-3-9-16(18)17-12-14-10-11-15(19-14)13-7-5-4-6-8-13/h4-8,10-11H,2-3,9,12H2,1H3,(H,17,18). The molecule has 1 aromatic carbocycles. The summed E-state index contributed by atoms with van der Waals surface area (Å²) in [6.07, 6.45) is 2.66.